The van der Waals surface area contributed by atoms with Gasteiger partial charge in [-0.3, -0.25) is 4.99 Å². The van der Waals surface area contributed by atoms with Crippen LogP contribution < -0.4 is 10.6 Å². The third-order valence-corrected chi connectivity index (χ3v) is 5.86. The molecule has 1 aromatic carbocycles. The molecule has 0 amide bonds. The maximum atomic E-state index is 13.1. The van der Waals surface area contributed by atoms with Gasteiger partial charge in [-0.15, -0.1) is 0 Å². The number of nitrogens with zero attached hydrogens (tertiary/aromatic N) is 5. The normalized spacial score (nSPS) is 20.0. The van der Waals surface area contributed by atoms with E-state index >= 15 is 0 Å². The van der Waals surface area contributed by atoms with E-state index in [2.05, 4.69) is 31.5 Å². The van der Waals surface area contributed by atoms with E-state index in [9.17, 15) is 4.39 Å². The maximum absolute atomic E-state index is 13.1. The Morgan fingerprint density at radius 1 is 0.929 bits per heavy atom. The van der Waals surface area contributed by atoms with Gasteiger partial charge >= 0.3 is 0 Å². The molecule has 156 valence electrons. The highest BCUT2D eigenvalue weighted by Crippen LogP contribution is 2.16. The van der Waals surface area contributed by atoms with Crippen LogP contribution in [0.3, 0.4) is 0 Å². The predicted octanol–water partition coefficient (Wildman–Crippen LogP) is 1.68. The van der Waals surface area contributed by atoms with Crippen LogP contribution in [-0.4, -0.2) is 92.7 Å². The summed E-state index contributed by atoms with van der Waals surface area (Å²) in [5, 5.41) is 0. The van der Waals surface area contributed by atoms with Gasteiger partial charge in [-0.05, 0) is 50.2 Å². The maximum Gasteiger partial charge on any atom is 0.191 e. The number of piperazine rings is 2. The standard InChI is InChI=1S/C21H35FN6/c1-2-25-11-13-26(14-12-25)10-4-3-9-24-21(23)28-17-15-27(16-18-28)20-7-5-19(22)6-8-20/h5-8H,2-4,9-18H2,1H3,(H2,23,24). The van der Waals surface area contributed by atoms with Crippen molar-refractivity contribution in [1.29, 1.82) is 0 Å². The fraction of sp³-hybridized carbons (Fsp3) is 0.667. The van der Waals surface area contributed by atoms with Gasteiger partial charge in [0.15, 0.2) is 5.96 Å². The molecular formula is C21H35FN6. The molecular weight excluding hydrogens is 355 g/mol. The van der Waals surface area contributed by atoms with Crippen LogP contribution in [0.15, 0.2) is 29.3 Å². The van der Waals surface area contributed by atoms with Gasteiger partial charge in [0.2, 0.25) is 0 Å². The summed E-state index contributed by atoms with van der Waals surface area (Å²) in [6.07, 6.45) is 2.27. The summed E-state index contributed by atoms with van der Waals surface area (Å²) >= 11 is 0. The molecule has 1 aromatic rings. The van der Waals surface area contributed by atoms with E-state index in [4.69, 9.17) is 5.73 Å². The Hall–Kier alpha value is -1.86. The number of hydrogen-bond donors (Lipinski definition) is 1. The van der Waals surface area contributed by atoms with Crippen molar-refractivity contribution in [2.24, 2.45) is 10.7 Å². The molecule has 0 spiro atoms. The van der Waals surface area contributed by atoms with E-state index in [1.807, 2.05) is 12.1 Å². The van der Waals surface area contributed by atoms with Gasteiger partial charge in [-0.1, -0.05) is 6.92 Å². The summed E-state index contributed by atoms with van der Waals surface area (Å²) in [5.41, 5.74) is 7.27. The highest BCUT2D eigenvalue weighted by Gasteiger charge is 2.18. The molecule has 0 unspecified atom stereocenters. The third kappa shape index (κ3) is 6.07. The molecule has 7 heteroatoms. The van der Waals surface area contributed by atoms with Crippen LogP contribution in [0.2, 0.25) is 0 Å². The van der Waals surface area contributed by atoms with Crippen molar-refractivity contribution in [3.8, 4) is 0 Å². The molecule has 2 fully saturated rings. The number of guanidine groups is 1. The van der Waals surface area contributed by atoms with Crippen molar-refractivity contribution in [2.45, 2.75) is 19.8 Å². The number of likely N-dealkylation sites (N-methyl/N-ethyl adjacent to an activating group) is 1. The van der Waals surface area contributed by atoms with Gasteiger partial charge in [0.05, 0.1) is 0 Å². The summed E-state index contributed by atoms with van der Waals surface area (Å²) in [4.78, 5) is 14.1. The Balaban J connectivity index is 1.31. The number of halogens is 1. The summed E-state index contributed by atoms with van der Waals surface area (Å²) in [7, 11) is 0. The van der Waals surface area contributed by atoms with E-state index in [1.165, 1.54) is 57.8 Å². The van der Waals surface area contributed by atoms with Crippen LogP contribution in [0, 0.1) is 5.82 Å². The second-order valence-electron chi connectivity index (χ2n) is 7.67. The Kier molecular flexibility index (Phi) is 7.91. The van der Waals surface area contributed by atoms with Gasteiger partial charge in [-0.25, -0.2) is 4.39 Å². The molecule has 0 radical (unpaired) electrons. The Bertz CT molecular complexity index is 604. The topological polar surface area (TPSA) is 51.3 Å². The number of unbranched alkanes of at least 4 members (excludes halogenated alkanes) is 1. The monoisotopic (exact) mass is 390 g/mol. The Morgan fingerprint density at radius 3 is 2.21 bits per heavy atom. The number of nitrogens with two attached hydrogens (primary N) is 1. The molecule has 2 N–H and O–H groups in total. The van der Waals surface area contributed by atoms with Gasteiger partial charge in [0, 0.05) is 64.6 Å². The Labute approximate surface area is 168 Å². The van der Waals surface area contributed by atoms with Gasteiger partial charge in [0.1, 0.15) is 5.82 Å². The second-order valence-corrected chi connectivity index (χ2v) is 7.67. The SMILES string of the molecule is CCN1CCN(CCCCN=C(N)N2CCN(c3ccc(F)cc3)CC2)CC1. The van der Waals surface area contributed by atoms with Crippen molar-refractivity contribution in [3.63, 3.8) is 0 Å². The summed E-state index contributed by atoms with van der Waals surface area (Å²) in [6, 6.07) is 6.71. The van der Waals surface area contributed by atoms with Crippen LogP contribution in [0.4, 0.5) is 10.1 Å². The molecule has 0 aliphatic carbocycles. The van der Waals surface area contributed by atoms with E-state index in [1.54, 1.807) is 0 Å². The van der Waals surface area contributed by atoms with Crippen LogP contribution >= 0.6 is 0 Å². The summed E-state index contributed by atoms with van der Waals surface area (Å²) < 4.78 is 13.1. The van der Waals surface area contributed by atoms with Crippen LogP contribution in [0.25, 0.3) is 0 Å². The zero-order chi connectivity index (χ0) is 19.8. The first-order chi connectivity index (χ1) is 13.7. The lowest BCUT2D eigenvalue weighted by molar-refractivity contribution is 0.136. The van der Waals surface area contributed by atoms with Crippen LogP contribution in [-0.2, 0) is 0 Å². The Morgan fingerprint density at radius 2 is 1.57 bits per heavy atom. The zero-order valence-electron chi connectivity index (χ0n) is 17.2. The molecule has 2 aliphatic rings. The fourth-order valence-corrected chi connectivity index (χ4v) is 3.92. The molecule has 0 bridgehead atoms. The van der Waals surface area contributed by atoms with Gasteiger partial charge in [-0.2, -0.15) is 0 Å². The minimum Gasteiger partial charge on any atom is -0.370 e. The smallest absolute Gasteiger partial charge is 0.191 e. The minimum atomic E-state index is -0.193. The average Bonchev–Trinajstić information content (AvgIpc) is 2.74. The zero-order valence-corrected chi connectivity index (χ0v) is 17.2. The van der Waals surface area contributed by atoms with Crippen LogP contribution in [0.1, 0.15) is 19.8 Å². The van der Waals surface area contributed by atoms with Gasteiger partial charge < -0.3 is 25.3 Å². The average molecular weight is 391 g/mol. The lowest BCUT2D eigenvalue weighted by atomic mass is 10.2. The lowest BCUT2D eigenvalue weighted by Crippen LogP contribution is -2.51. The van der Waals surface area contributed by atoms with E-state index < -0.39 is 0 Å². The number of benzene rings is 1. The molecule has 6 nitrogen and oxygen atoms in total. The van der Waals surface area contributed by atoms with E-state index in [-0.39, 0.29) is 5.82 Å². The predicted molar refractivity (Wildman–Crippen MR) is 114 cm³/mol. The number of rotatable bonds is 7. The minimum absolute atomic E-state index is 0.193. The van der Waals surface area contributed by atoms with Crippen LogP contribution in [0.5, 0.6) is 0 Å². The molecule has 0 atom stereocenters. The molecule has 2 heterocycles. The molecule has 0 saturated carbocycles. The first-order valence-corrected chi connectivity index (χ1v) is 10.7. The molecule has 0 aromatic heterocycles. The van der Waals surface area contributed by atoms with Crippen molar-refractivity contribution < 1.29 is 4.39 Å². The van der Waals surface area contributed by atoms with Crippen molar-refractivity contribution in [1.82, 2.24) is 14.7 Å². The molecule has 28 heavy (non-hydrogen) atoms. The summed E-state index contributed by atoms with van der Waals surface area (Å²) in [5.74, 6) is 0.470. The molecule has 2 saturated heterocycles. The number of hydrogen-bond acceptors (Lipinski definition) is 4. The number of aliphatic imine (C=N–C) groups is 1. The van der Waals surface area contributed by atoms with E-state index in [0.29, 0.717) is 5.96 Å². The summed E-state index contributed by atoms with van der Waals surface area (Å²) in [6.45, 7) is 13.6. The first-order valence-electron chi connectivity index (χ1n) is 10.7. The van der Waals surface area contributed by atoms with Crippen molar-refractivity contribution in [2.75, 3.05) is 76.9 Å². The second kappa shape index (κ2) is 10.6. The third-order valence-electron chi connectivity index (χ3n) is 5.86. The molecule has 2 aliphatic heterocycles. The quantitative estimate of drug-likeness (QED) is 0.436. The number of anilines is 1. The highest BCUT2D eigenvalue weighted by atomic mass is 19.1. The van der Waals surface area contributed by atoms with Gasteiger partial charge in [0.25, 0.3) is 0 Å². The largest absolute Gasteiger partial charge is 0.370 e. The van der Waals surface area contributed by atoms with Crippen molar-refractivity contribution in [3.05, 3.63) is 30.1 Å². The lowest BCUT2D eigenvalue weighted by Gasteiger charge is -2.36. The highest BCUT2D eigenvalue weighted by molar-refractivity contribution is 5.78. The molecule has 3 rings (SSSR count). The van der Waals surface area contributed by atoms with E-state index in [0.717, 1.165) is 44.8 Å². The first kappa shape index (κ1) is 20.9. The fourth-order valence-electron chi connectivity index (χ4n) is 3.92. The van der Waals surface area contributed by atoms with Crippen molar-refractivity contribution >= 4 is 11.6 Å².